The molecule has 0 aliphatic heterocycles. The topological polar surface area (TPSA) is 68.3 Å². The molecule has 5 nitrogen and oxygen atoms in total. The number of pyridine rings is 1. The Labute approximate surface area is 165 Å². The second-order valence-electron chi connectivity index (χ2n) is 5.41. The molecule has 0 aliphatic rings. The zero-order chi connectivity index (χ0) is 19.1. The SMILES string of the molecule is O=C(COC(=O)c1ccc(Cl)nc1)Nc1ccccc1Sc1ccccc1. The minimum absolute atomic E-state index is 0.229. The maximum atomic E-state index is 12.2. The first-order chi connectivity index (χ1) is 13.1. The number of aromatic nitrogens is 1. The number of ether oxygens (including phenoxy) is 1. The van der Waals surface area contributed by atoms with Gasteiger partial charge in [0.1, 0.15) is 5.15 Å². The number of hydrogen-bond donors (Lipinski definition) is 1. The molecule has 0 bridgehead atoms. The zero-order valence-corrected chi connectivity index (χ0v) is 15.7. The first-order valence-corrected chi connectivity index (χ1v) is 9.22. The molecule has 0 saturated heterocycles. The average molecular weight is 399 g/mol. The highest BCUT2D eigenvalue weighted by atomic mass is 35.5. The Kier molecular flexibility index (Phi) is 6.46. The Hall–Kier alpha value is -2.83. The fourth-order valence-corrected chi connectivity index (χ4v) is 3.21. The number of carbonyl (C=O) groups is 2. The Bertz CT molecular complexity index is 933. The molecule has 3 rings (SSSR count). The molecule has 1 amide bonds. The van der Waals surface area contributed by atoms with Gasteiger partial charge in [-0.15, -0.1) is 0 Å². The van der Waals surface area contributed by atoms with Gasteiger partial charge in [-0.2, -0.15) is 0 Å². The summed E-state index contributed by atoms with van der Waals surface area (Å²) < 4.78 is 5.02. The molecule has 7 heteroatoms. The van der Waals surface area contributed by atoms with Crippen LogP contribution in [0.1, 0.15) is 10.4 Å². The standard InChI is InChI=1S/C20H15ClN2O3S/c21-18-11-10-14(12-22-18)20(25)26-13-19(24)23-16-8-4-5-9-17(16)27-15-6-2-1-3-7-15/h1-12H,13H2,(H,23,24). The Morgan fingerprint density at radius 3 is 2.48 bits per heavy atom. The van der Waals surface area contributed by atoms with E-state index in [1.54, 1.807) is 6.07 Å². The maximum absolute atomic E-state index is 12.2. The minimum Gasteiger partial charge on any atom is -0.452 e. The van der Waals surface area contributed by atoms with Crippen molar-refractivity contribution in [2.75, 3.05) is 11.9 Å². The molecular weight excluding hydrogens is 384 g/mol. The first-order valence-electron chi connectivity index (χ1n) is 8.02. The molecule has 1 N–H and O–H groups in total. The fourth-order valence-electron chi connectivity index (χ4n) is 2.17. The highest BCUT2D eigenvalue weighted by Crippen LogP contribution is 2.33. The van der Waals surface area contributed by atoms with Crippen molar-refractivity contribution in [2.24, 2.45) is 0 Å². The van der Waals surface area contributed by atoms with Crippen molar-refractivity contribution in [3.8, 4) is 0 Å². The summed E-state index contributed by atoms with van der Waals surface area (Å²) in [6.07, 6.45) is 1.30. The Balaban J connectivity index is 1.59. The van der Waals surface area contributed by atoms with Gasteiger partial charge in [0.25, 0.3) is 5.91 Å². The van der Waals surface area contributed by atoms with Crippen molar-refractivity contribution in [3.63, 3.8) is 0 Å². The van der Waals surface area contributed by atoms with Gasteiger partial charge in [0.05, 0.1) is 11.3 Å². The third-order valence-corrected chi connectivity index (χ3v) is 4.74. The zero-order valence-electron chi connectivity index (χ0n) is 14.1. The van der Waals surface area contributed by atoms with Gasteiger partial charge in [0.2, 0.25) is 0 Å². The predicted octanol–water partition coefficient (Wildman–Crippen LogP) is 4.68. The molecular formula is C20H15ClN2O3S. The predicted molar refractivity (Wildman–Crippen MR) is 105 cm³/mol. The van der Waals surface area contributed by atoms with Crippen LogP contribution in [-0.4, -0.2) is 23.5 Å². The first kappa shape index (κ1) is 18.9. The van der Waals surface area contributed by atoms with Gasteiger partial charge in [-0.25, -0.2) is 9.78 Å². The van der Waals surface area contributed by atoms with Crippen LogP contribution in [0.2, 0.25) is 5.15 Å². The number of rotatable bonds is 6. The highest BCUT2D eigenvalue weighted by molar-refractivity contribution is 7.99. The summed E-state index contributed by atoms with van der Waals surface area (Å²) in [6, 6.07) is 20.2. The van der Waals surface area contributed by atoms with E-state index in [-0.39, 0.29) is 10.7 Å². The molecule has 0 fully saturated rings. The summed E-state index contributed by atoms with van der Waals surface area (Å²) in [5, 5.41) is 3.05. The Morgan fingerprint density at radius 2 is 1.74 bits per heavy atom. The van der Waals surface area contributed by atoms with Crippen LogP contribution in [0.3, 0.4) is 0 Å². The lowest BCUT2D eigenvalue weighted by Crippen LogP contribution is -2.21. The van der Waals surface area contributed by atoms with E-state index in [0.717, 1.165) is 9.79 Å². The number of nitrogens with zero attached hydrogens (tertiary/aromatic N) is 1. The highest BCUT2D eigenvalue weighted by Gasteiger charge is 2.12. The van der Waals surface area contributed by atoms with Crippen molar-refractivity contribution in [1.82, 2.24) is 4.98 Å². The van der Waals surface area contributed by atoms with E-state index in [1.807, 2.05) is 48.5 Å². The number of amides is 1. The van der Waals surface area contributed by atoms with Gasteiger partial charge in [0, 0.05) is 16.0 Å². The number of carbonyl (C=O) groups excluding carboxylic acids is 2. The van der Waals surface area contributed by atoms with Crippen LogP contribution in [0, 0.1) is 0 Å². The molecule has 1 heterocycles. The summed E-state index contributed by atoms with van der Waals surface area (Å²) in [6.45, 7) is -0.397. The third kappa shape index (κ3) is 5.57. The summed E-state index contributed by atoms with van der Waals surface area (Å²) >= 11 is 7.21. The van der Waals surface area contributed by atoms with E-state index in [4.69, 9.17) is 16.3 Å². The van der Waals surface area contributed by atoms with Crippen LogP contribution < -0.4 is 5.32 Å². The van der Waals surface area contributed by atoms with E-state index >= 15 is 0 Å². The quantitative estimate of drug-likeness (QED) is 0.482. The van der Waals surface area contributed by atoms with Gasteiger partial charge in [-0.05, 0) is 36.4 Å². The lowest BCUT2D eigenvalue weighted by molar-refractivity contribution is -0.119. The molecule has 0 radical (unpaired) electrons. The summed E-state index contributed by atoms with van der Waals surface area (Å²) in [7, 11) is 0. The van der Waals surface area contributed by atoms with Gasteiger partial charge in [-0.1, -0.05) is 53.7 Å². The van der Waals surface area contributed by atoms with Crippen LogP contribution in [0.15, 0.2) is 82.7 Å². The molecule has 3 aromatic rings. The van der Waals surface area contributed by atoms with Crippen molar-refractivity contribution in [2.45, 2.75) is 9.79 Å². The van der Waals surface area contributed by atoms with Crippen molar-refractivity contribution < 1.29 is 14.3 Å². The average Bonchev–Trinajstić information content (AvgIpc) is 2.69. The molecule has 1 aromatic heterocycles. The third-order valence-electron chi connectivity index (χ3n) is 3.43. The van der Waals surface area contributed by atoms with Crippen LogP contribution >= 0.6 is 23.4 Å². The molecule has 27 heavy (non-hydrogen) atoms. The Morgan fingerprint density at radius 1 is 1.00 bits per heavy atom. The molecule has 0 saturated carbocycles. The van der Waals surface area contributed by atoms with Crippen LogP contribution in [0.25, 0.3) is 0 Å². The largest absolute Gasteiger partial charge is 0.452 e. The van der Waals surface area contributed by atoms with E-state index in [9.17, 15) is 9.59 Å². The van der Waals surface area contributed by atoms with E-state index in [1.165, 1.54) is 30.1 Å². The van der Waals surface area contributed by atoms with Gasteiger partial charge in [-0.3, -0.25) is 4.79 Å². The lowest BCUT2D eigenvalue weighted by Gasteiger charge is -2.11. The second-order valence-corrected chi connectivity index (χ2v) is 6.91. The second kappa shape index (κ2) is 9.21. The number of nitrogens with one attached hydrogen (secondary N) is 1. The van der Waals surface area contributed by atoms with E-state index < -0.39 is 18.5 Å². The smallest absolute Gasteiger partial charge is 0.340 e. The summed E-state index contributed by atoms with van der Waals surface area (Å²) in [5.41, 5.74) is 0.882. The normalized spacial score (nSPS) is 10.3. The summed E-state index contributed by atoms with van der Waals surface area (Å²) in [5.74, 6) is -1.06. The van der Waals surface area contributed by atoms with Crippen LogP contribution in [0.4, 0.5) is 5.69 Å². The van der Waals surface area contributed by atoms with Crippen molar-refractivity contribution >= 4 is 40.9 Å². The van der Waals surface area contributed by atoms with E-state index in [2.05, 4.69) is 10.3 Å². The number of hydrogen-bond acceptors (Lipinski definition) is 5. The van der Waals surface area contributed by atoms with Crippen LogP contribution in [0.5, 0.6) is 0 Å². The van der Waals surface area contributed by atoms with E-state index in [0.29, 0.717) is 5.69 Å². The molecule has 0 unspecified atom stereocenters. The maximum Gasteiger partial charge on any atom is 0.340 e. The lowest BCUT2D eigenvalue weighted by atomic mass is 10.3. The van der Waals surface area contributed by atoms with Crippen molar-refractivity contribution in [3.05, 3.63) is 83.6 Å². The van der Waals surface area contributed by atoms with Crippen molar-refractivity contribution in [1.29, 1.82) is 0 Å². The minimum atomic E-state index is -0.638. The molecule has 136 valence electrons. The molecule has 0 aliphatic carbocycles. The van der Waals surface area contributed by atoms with Gasteiger partial charge >= 0.3 is 5.97 Å². The van der Waals surface area contributed by atoms with Gasteiger partial charge < -0.3 is 10.1 Å². The number of halogens is 1. The van der Waals surface area contributed by atoms with Gasteiger partial charge in [0.15, 0.2) is 6.61 Å². The number of para-hydroxylation sites is 1. The van der Waals surface area contributed by atoms with Crippen LogP contribution in [-0.2, 0) is 9.53 Å². The number of benzene rings is 2. The summed E-state index contributed by atoms with van der Waals surface area (Å²) in [4.78, 5) is 29.9. The fraction of sp³-hybridized carbons (Fsp3) is 0.0500. The molecule has 0 spiro atoms. The molecule has 2 aromatic carbocycles. The number of esters is 1. The number of anilines is 1. The molecule has 0 atom stereocenters. The monoisotopic (exact) mass is 398 g/mol.